The normalized spacial score (nSPS) is 10.9. The summed E-state index contributed by atoms with van der Waals surface area (Å²) < 4.78 is 0. The zero-order valence-electron chi connectivity index (χ0n) is 17.5. The van der Waals surface area contributed by atoms with Crippen LogP contribution in [0.15, 0.2) is 35.2 Å². The summed E-state index contributed by atoms with van der Waals surface area (Å²) in [6.45, 7) is 3.87. The lowest BCUT2D eigenvalue weighted by molar-refractivity contribution is -0.304. The van der Waals surface area contributed by atoms with E-state index in [4.69, 9.17) is 11.6 Å². The quantitative estimate of drug-likeness (QED) is 0.281. The summed E-state index contributed by atoms with van der Waals surface area (Å²) in [5, 5.41) is 21.8. The molecule has 0 amide bonds. The Morgan fingerprint density at radius 2 is 1.87 bits per heavy atom. The van der Waals surface area contributed by atoms with Crippen LogP contribution in [-0.4, -0.2) is 22.6 Å². The lowest BCUT2D eigenvalue weighted by Gasteiger charge is -2.14. The van der Waals surface area contributed by atoms with Crippen LogP contribution in [0.1, 0.15) is 66.6 Å². The molecule has 0 atom stereocenters. The fourth-order valence-corrected chi connectivity index (χ4v) is 4.69. The summed E-state index contributed by atoms with van der Waals surface area (Å²) >= 11 is 7.90. The minimum absolute atomic E-state index is 0.0321. The highest BCUT2D eigenvalue weighted by atomic mass is 35.5. The van der Waals surface area contributed by atoms with Gasteiger partial charge in [0.1, 0.15) is 5.75 Å². The largest absolute Gasteiger partial charge is 0.550 e. The highest BCUT2D eigenvalue weighted by Gasteiger charge is 2.16. The van der Waals surface area contributed by atoms with Gasteiger partial charge in [-0.25, -0.2) is 0 Å². The second-order valence-electron chi connectivity index (χ2n) is 7.25. The molecule has 0 aromatic heterocycles. The first-order valence-electron chi connectivity index (χ1n) is 10.3. The van der Waals surface area contributed by atoms with Crippen molar-refractivity contribution < 1.29 is 19.8 Å². The maximum Gasteiger partial charge on any atom is 0.166 e. The molecular formula is C24H28ClO4S-. The van der Waals surface area contributed by atoms with Gasteiger partial charge in [0, 0.05) is 23.7 Å². The van der Waals surface area contributed by atoms with E-state index in [1.165, 1.54) is 0 Å². The SMILES string of the molecule is CCCc1c(CCCCSc2ccc(CC(=O)[O-])cc2Cl)ccc(C(=O)CC)c1O. The third kappa shape index (κ3) is 6.78. The summed E-state index contributed by atoms with van der Waals surface area (Å²) in [4.78, 5) is 23.7. The maximum atomic E-state index is 12.0. The molecule has 2 aromatic carbocycles. The van der Waals surface area contributed by atoms with Gasteiger partial charge in [-0.15, -0.1) is 11.8 Å². The van der Waals surface area contributed by atoms with E-state index in [1.807, 2.05) is 12.1 Å². The number of ketones is 1. The van der Waals surface area contributed by atoms with E-state index in [1.54, 1.807) is 36.9 Å². The molecule has 0 heterocycles. The molecule has 162 valence electrons. The Kier molecular flexibility index (Phi) is 9.73. The monoisotopic (exact) mass is 447 g/mol. The van der Waals surface area contributed by atoms with Gasteiger partial charge in [-0.2, -0.15) is 0 Å². The van der Waals surface area contributed by atoms with Gasteiger partial charge in [0.15, 0.2) is 5.78 Å². The summed E-state index contributed by atoms with van der Waals surface area (Å²) in [5.41, 5.74) is 3.07. The van der Waals surface area contributed by atoms with E-state index in [9.17, 15) is 19.8 Å². The number of phenols is 1. The first-order valence-corrected chi connectivity index (χ1v) is 11.7. The van der Waals surface area contributed by atoms with Crippen molar-refractivity contribution in [1.29, 1.82) is 0 Å². The molecule has 0 saturated carbocycles. The van der Waals surface area contributed by atoms with Crippen molar-refractivity contribution in [2.45, 2.75) is 63.7 Å². The fourth-order valence-electron chi connectivity index (χ4n) is 3.39. The molecule has 0 aliphatic heterocycles. The molecule has 4 nitrogen and oxygen atoms in total. The topological polar surface area (TPSA) is 77.4 Å². The van der Waals surface area contributed by atoms with E-state index in [0.29, 0.717) is 22.6 Å². The number of benzene rings is 2. The van der Waals surface area contributed by atoms with Gasteiger partial charge in [-0.05, 0) is 66.3 Å². The summed E-state index contributed by atoms with van der Waals surface area (Å²) in [6, 6.07) is 9.03. The number of thioether (sulfide) groups is 1. The summed E-state index contributed by atoms with van der Waals surface area (Å²) in [6.07, 6.45) is 4.70. The lowest BCUT2D eigenvalue weighted by Crippen LogP contribution is -2.24. The molecular weight excluding hydrogens is 420 g/mol. The second kappa shape index (κ2) is 12.0. The Morgan fingerprint density at radius 1 is 1.10 bits per heavy atom. The number of aromatic hydroxyl groups is 1. The summed E-state index contributed by atoms with van der Waals surface area (Å²) in [5.74, 6) is -0.109. The molecule has 1 N–H and O–H groups in total. The molecule has 30 heavy (non-hydrogen) atoms. The van der Waals surface area contributed by atoms with Crippen molar-refractivity contribution in [2.24, 2.45) is 0 Å². The Morgan fingerprint density at radius 3 is 2.50 bits per heavy atom. The van der Waals surface area contributed by atoms with E-state index in [0.717, 1.165) is 53.9 Å². The average molecular weight is 448 g/mol. The molecule has 0 spiro atoms. The van der Waals surface area contributed by atoms with Crippen LogP contribution in [0.2, 0.25) is 5.02 Å². The zero-order valence-corrected chi connectivity index (χ0v) is 19.1. The Labute approximate surface area is 187 Å². The van der Waals surface area contributed by atoms with Crippen LogP contribution >= 0.6 is 23.4 Å². The molecule has 2 rings (SSSR count). The standard InChI is InChI=1S/C24H29ClO4S/c1-3-7-18-17(10-11-19(24(18)29)21(26)4-2)8-5-6-13-30-22-12-9-16(14-20(22)25)15-23(27)28/h9-12,14,29H,3-8,13,15H2,1-2H3,(H,27,28)/p-1. The van der Waals surface area contributed by atoms with E-state index in [-0.39, 0.29) is 18.0 Å². The molecule has 6 heteroatoms. The maximum absolute atomic E-state index is 12.0. The van der Waals surface area contributed by atoms with Gasteiger partial charge in [0.2, 0.25) is 0 Å². The van der Waals surface area contributed by atoms with Crippen molar-refractivity contribution in [2.75, 3.05) is 5.75 Å². The van der Waals surface area contributed by atoms with Crippen LogP contribution in [-0.2, 0) is 24.1 Å². The minimum atomic E-state index is -1.12. The highest BCUT2D eigenvalue weighted by molar-refractivity contribution is 7.99. The van der Waals surface area contributed by atoms with Gasteiger partial charge in [-0.1, -0.05) is 44.0 Å². The zero-order chi connectivity index (χ0) is 22.1. The van der Waals surface area contributed by atoms with E-state index >= 15 is 0 Å². The molecule has 0 saturated heterocycles. The predicted octanol–water partition coefficient (Wildman–Crippen LogP) is 5.00. The van der Waals surface area contributed by atoms with Crippen molar-refractivity contribution in [1.82, 2.24) is 0 Å². The third-order valence-electron chi connectivity index (χ3n) is 4.94. The number of carbonyl (C=O) groups excluding carboxylic acids is 2. The molecule has 0 unspecified atom stereocenters. The van der Waals surface area contributed by atoms with Crippen LogP contribution in [0, 0.1) is 0 Å². The van der Waals surface area contributed by atoms with Gasteiger partial charge in [-0.3, -0.25) is 4.79 Å². The number of hydrogen-bond acceptors (Lipinski definition) is 5. The Hall–Kier alpha value is -1.98. The average Bonchev–Trinajstić information content (AvgIpc) is 2.70. The van der Waals surface area contributed by atoms with Crippen molar-refractivity contribution >= 4 is 35.1 Å². The number of aryl methyl sites for hydroxylation is 1. The molecule has 0 aliphatic carbocycles. The van der Waals surface area contributed by atoms with Gasteiger partial charge in [0.25, 0.3) is 0 Å². The lowest BCUT2D eigenvalue weighted by atomic mass is 9.93. The van der Waals surface area contributed by atoms with Crippen molar-refractivity contribution in [3.05, 3.63) is 57.6 Å². The molecule has 0 aliphatic rings. The molecule has 0 radical (unpaired) electrons. The second-order valence-corrected chi connectivity index (χ2v) is 8.79. The van der Waals surface area contributed by atoms with Gasteiger partial charge in [0.05, 0.1) is 10.6 Å². The number of phenolic OH excluding ortho intramolecular Hbond substituents is 1. The van der Waals surface area contributed by atoms with Gasteiger partial charge >= 0.3 is 0 Å². The number of unbranched alkanes of at least 4 members (excludes halogenated alkanes) is 1. The van der Waals surface area contributed by atoms with E-state index in [2.05, 4.69) is 6.92 Å². The third-order valence-corrected chi connectivity index (χ3v) is 6.53. The Balaban J connectivity index is 1.92. The number of carboxylic acid groups (broad SMARTS) is 1. The first-order chi connectivity index (χ1) is 14.4. The number of halogens is 1. The molecule has 0 bridgehead atoms. The van der Waals surface area contributed by atoms with E-state index < -0.39 is 5.97 Å². The van der Waals surface area contributed by atoms with Crippen molar-refractivity contribution in [3.8, 4) is 5.75 Å². The number of rotatable bonds is 12. The molecule has 2 aromatic rings. The minimum Gasteiger partial charge on any atom is -0.550 e. The first kappa shape index (κ1) is 24.3. The predicted molar refractivity (Wildman–Crippen MR) is 121 cm³/mol. The summed E-state index contributed by atoms with van der Waals surface area (Å²) in [7, 11) is 0. The van der Waals surface area contributed by atoms with Crippen LogP contribution < -0.4 is 5.11 Å². The van der Waals surface area contributed by atoms with Crippen LogP contribution in [0.25, 0.3) is 0 Å². The number of Topliss-reactive ketones (excluding diaryl/α,β-unsaturated/α-hetero) is 1. The smallest absolute Gasteiger partial charge is 0.166 e. The van der Waals surface area contributed by atoms with Crippen LogP contribution in [0.3, 0.4) is 0 Å². The van der Waals surface area contributed by atoms with Crippen LogP contribution in [0.5, 0.6) is 5.75 Å². The molecule has 0 fully saturated rings. The van der Waals surface area contributed by atoms with Gasteiger partial charge < -0.3 is 15.0 Å². The number of aliphatic carboxylic acids is 1. The Bertz CT molecular complexity index is 895. The number of hydrogen-bond donors (Lipinski definition) is 1. The number of carboxylic acids is 1. The van der Waals surface area contributed by atoms with Crippen molar-refractivity contribution in [3.63, 3.8) is 0 Å². The number of carbonyl (C=O) groups is 2. The highest BCUT2D eigenvalue weighted by Crippen LogP contribution is 2.31. The fraction of sp³-hybridized carbons (Fsp3) is 0.417. The van der Waals surface area contributed by atoms with Crippen LogP contribution in [0.4, 0.5) is 0 Å².